The Bertz CT molecular complexity index is 205. The summed E-state index contributed by atoms with van der Waals surface area (Å²) in [6.45, 7) is 7.56. The molecule has 80 valence electrons. The maximum Gasteiger partial charge on any atom is 0.225 e. The lowest BCUT2D eigenvalue weighted by molar-refractivity contribution is -0.140. The Hall–Kier alpha value is -0.570. The molecule has 2 saturated heterocycles. The third-order valence-electron chi connectivity index (χ3n) is 3.55. The molecule has 0 unspecified atom stereocenters. The van der Waals surface area contributed by atoms with Crippen LogP contribution in [-0.2, 0) is 4.79 Å². The van der Waals surface area contributed by atoms with Crippen LogP contribution in [0.5, 0.6) is 0 Å². The molecular weight excluding hydrogens is 176 g/mol. The molecule has 0 aromatic heterocycles. The van der Waals surface area contributed by atoms with Crippen molar-refractivity contribution >= 4 is 5.91 Å². The molecule has 0 N–H and O–H groups in total. The number of hydrogen-bond acceptors (Lipinski definition) is 2. The molecule has 0 aliphatic carbocycles. The first-order chi connectivity index (χ1) is 6.81. The fourth-order valence-corrected chi connectivity index (χ4v) is 2.29. The molecule has 2 fully saturated rings. The Kier molecular flexibility index (Phi) is 3.06. The van der Waals surface area contributed by atoms with Crippen LogP contribution in [0.2, 0.25) is 0 Å². The van der Waals surface area contributed by atoms with Crippen molar-refractivity contribution in [2.24, 2.45) is 5.92 Å². The van der Waals surface area contributed by atoms with Gasteiger partial charge in [-0.3, -0.25) is 4.79 Å². The van der Waals surface area contributed by atoms with Crippen LogP contribution in [0.3, 0.4) is 0 Å². The molecule has 2 heterocycles. The highest BCUT2D eigenvalue weighted by molar-refractivity contribution is 5.79. The minimum Gasteiger partial charge on any atom is -0.342 e. The topological polar surface area (TPSA) is 23.6 Å². The number of carbonyl (C=O) groups excluding carboxylic acids is 1. The normalized spacial score (nSPS) is 24.8. The van der Waals surface area contributed by atoms with Crippen molar-refractivity contribution in [1.29, 1.82) is 0 Å². The molecule has 3 nitrogen and oxygen atoms in total. The first-order valence-electron chi connectivity index (χ1n) is 5.82. The lowest BCUT2D eigenvalue weighted by Gasteiger charge is -2.37. The van der Waals surface area contributed by atoms with E-state index >= 15 is 0 Å². The van der Waals surface area contributed by atoms with Gasteiger partial charge >= 0.3 is 0 Å². The van der Waals surface area contributed by atoms with Crippen molar-refractivity contribution in [1.82, 2.24) is 9.80 Å². The molecule has 2 rings (SSSR count). The van der Waals surface area contributed by atoms with Crippen molar-refractivity contribution < 1.29 is 4.79 Å². The fraction of sp³-hybridized carbons (Fsp3) is 0.909. The van der Waals surface area contributed by atoms with E-state index in [1.54, 1.807) is 0 Å². The first-order valence-corrected chi connectivity index (χ1v) is 5.82. The van der Waals surface area contributed by atoms with Crippen LogP contribution in [0.25, 0.3) is 0 Å². The van der Waals surface area contributed by atoms with E-state index in [1.807, 2.05) is 4.90 Å². The number of carbonyl (C=O) groups is 1. The van der Waals surface area contributed by atoms with Gasteiger partial charge in [-0.25, -0.2) is 0 Å². The summed E-state index contributed by atoms with van der Waals surface area (Å²) in [4.78, 5) is 16.3. The second-order valence-electron chi connectivity index (χ2n) is 4.39. The molecule has 0 aromatic carbocycles. The van der Waals surface area contributed by atoms with Gasteiger partial charge in [0.05, 0.1) is 0 Å². The second kappa shape index (κ2) is 4.30. The van der Waals surface area contributed by atoms with Crippen LogP contribution in [0.1, 0.15) is 26.2 Å². The predicted molar refractivity (Wildman–Crippen MR) is 56.0 cm³/mol. The van der Waals surface area contributed by atoms with E-state index in [4.69, 9.17) is 0 Å². The Morgan fingerprint density at radius 3 is 2.29 bits per heavy atom. The molecule has 0 aromatic rings. The zero-order valence-electron chi connectivity index (χ0n) is 9.04. The van der Waals surface area contributed by atoms with Crippen molar-refractivity contribution in [3.63, 3.8) is 0 Å². The predicted octanol–water partition coefficient (Wildman–Crippen LogP) is 0.951. The molecule has 0 radical (unpaired) electrons. The number of piperidine rings is 1. The van der Waals surface area contributed by atoms with E-state index in [1.165, 1.54) is 6.42 Å². The van der Waals surface area contributed by atoms with E-state index in [0.717, 1.165) is 45.6 Å². The van der Waals surface area contributed by atoms with Gasteiger partial charge in [0.15, 0.2) is 0 Å². The van der Waals surface area contributed by atoms with Gasteiger partial charge in [-0.05, 0) is 38.9 Å². The zero-order chi connectivity index (χ0) is 9.97. The smallest absolute Gasteiger partial charge is 0.225 e. The number of hydrogen-bond donors (Lipinski definition) is 0. The summed E-state index contributed by atoms with van der Waals surface area (Å²) in [6.07, 6.45) is 3.35. The maximum atomic E-state index is 11.9. The Morgan fingerprint density at radius 1 is 1.21 bits per heavy atom. The van der Waals surface area contributed by atoms with Crippen LogP contribution >= 0.6 is 0 Å². The maximum absolute atomic E-state index is 11.9. The van der Waals surface area contributed by atoms with E-state index < -0.39 is 0 Å². The molecule has 0 atom stereocenters. The third-order valence-corrected chi connectivity index (χ3v) is 3.55. The highest BCUT2D eigenvalue weighted by Gasteiger charge is 2.30. The summed E-state index contributed by atoms with van der Waals surface area (Å²) in [7, 11) is 0. The van der Waals surface area contributed by atoms with Gasteiger partial charge in [0.2, 0.25) is 5.91 Å². The zero-order valence-corrected chi connectivity index (χ0v) is 9.04. The Labute approximate surface area is 86.1 Å². The van der Waals surface area contributed by atoms with Crippen molar-refractivity contribution in [3.05, 3.63) is 0 Å². The summed E-state index contributed by atoms with van der Waals surface area (Å²) in [5.74, 6) is 0.755. The van der Waals surface area contributed by atoms with Crippen LogP contribution in [0.4, 0.5) is 0 Å². The lowest BCUT2D eigenvalue weighted by atomic mass is 9.94. The third kappa shape index (κ3) is 1.92. The molecular formula is C11H20N2O. The van der Waals surface area contributed by atoms with Gasteiger partial charge < -0.3 is 9.80 Å². The van der Waals surface area contributed by atoms with E-state index in [2.05, 4.69) is 11.8 Å². The first kappa shape index (κ1) is 9.97. The SMILES string of the molecule is CCN1CCC(C(=O)N2CCC2)CC1. The second-order valence-corrected chi connectivity index (χ2v) is 4.39. The molecule has 2 aliphatic heterocycles. The van der Waals surface area contributed by atoms with Crippen molar-refractivity contribution in [2.75, 3.05) is 32.7 Å². The number of nitrogens with zero attached hydrogens (tertiary/aromatic N) is 2. The van der Waals surface area contributed by atoms with E-state index in [-0.39, 0.29) is 0 Å². The summed E-state index contributed by atoms with van der Waals surface area (Å²) in [6, 6.07) is 0. The number of likely N-dealkylation sites (tertiary alicyclic amines) is 2. The monoisotopic (exact) mass is 196 g/mol. The average molecular weight is 196 g/mol. The highest BCUT2D eigenvalue weighted by atomic mass is 16.2. The van der Waals surface area contributed by atoms with E-state index in [0.29, 0.717) is 11.8 Å². The fourth-order valence-electron chi connectivity index (χ4n) is 2.29. The molecule has 0 spiro atoms. The van der Waals surface area contributed by atoms with Crippen molar-refractivity contribution in [2.45, 2.75) is 26.2 Å². The summed E-state index contributed by atoms with van der Waals surface area (Å²) >= 11 is 0. The van der Waals surface area contributed by atoms with Crippen LogP contribution in [-0.4, -0.2) is 48.4 Å². The Morgan fingerprint density at radius 2 is 1.86 bits per heavy atom. The number of amides is 1. The summed E-state index contributed by atoms with van der Waals surface area (Å²) in [5.41, 5.74) is 0. The van der Waals surface area contributed by atoms with Gasteiger partial charge in [-0.1, -0.05) is 6.92 Å². The van der Waals surface area contributed by atoms with Gasteiger partial charge in [-0.2, -0.15) is 0 Å². The minimum absolute atomic E-state index is 0.332. The van der Waals surface area contributed by atoms with Gasteiger partial charge in [0, 0.05) is 19.0 Å². The molecule has 0 saturated carbocycles. The van der Waals surface area contributed by atoms with Gasteiger partial charge in [-0.15, -0.1) is 0 Å². The van der Waals surface area contributed by atoms with E-state index in [9.17, 15) is 4.79 Å². The quantitative estimate of drug-likeness (QED) is 0.656. The summed E-state index contributed by atoms with van der Waals surface area (Å²) in [5, 5.41) is 0. The molecule has 3 heteroatoms. The summed E-state index contributed by atoms with van der Waals surface area (Å²) < 4.78 is 0. The van der Waals surface area contributed by atoms with Crippen LogP contribution in [0, 0.1) is 5.92 Å². The molecule has 1 amide bonds. The average Bonchev–Trinajstić information content (AvgIpc) is 2.15. The van der Waals surface area contributed by atoms with Gasteiger partial charge in [0.25, 0.3) is 0 Å². The van der Waals surface area contributed by atoms with Crippen LogP contribution < -0.4 is 0 Å². The van der Waals surface area contributed by atoms with Crippen molar-refractivity contribution in [3.8, 4) is 0 Å². The largest absolute Gasteiger partial charge is 0.342 e. The standard InChI is InChI=1S/C11H20N2O/c1-2-12-8-4-10(5-9-12)11(14)13-6-3-7-13/h10H,2-9H2,1H3. The molecule has 14 heavy (non-hydrogen) atoms. The minimum atomic E-state index is 0.332. The van der Waals surface area contributed by atoms with Gasteiger partial charge in [0.1, 0.15) is 0 Å². The number of rotatable bonds is 2. The lowest BCUT2D eigenvalue weighted by Crippen LogP contribution is -2.48. The highest BCUT2D eigenvalue weighted by Crippen LogP contribution is 2.21. The Balaban J connectivity index is 1.79. The molecule has 2 aliphatic rings. The van der Waals surface area contributed by atoms with Crippen LogP contribution in [0.15, 0.2) is 0 Å². The molecule has 0 bridgehead atoms.